The molecule has 26 heavy (non-hydrogen) atoms. The number of nitrogens with one attached hydrogen (secondary N) is 1. The Morgan fingerprint density at radius 3 is 2.65 bits per heavy atom. The van der Waals surface area contributed by atoms with Gasteiger partial charge in [-0.15, -0.1) is 0 Å². The molecule has 134 valence electrons. The molecule has 3 aliphatic heterocycles. The van der Waals surface area contributed by atoms with Gasteiger partial charge in [0, 0.05) is 36.1 Å². The van der Waals surface area contributed by atoms with Crippen molar-refractivity contribution >= 4 is 16.9 Å². The van der Waals surface area contributed by atoms with Crippen LogP contribution in [0.3, 0.4) is 0 Å². The fourth-order valence-electron chi connectivity index (χ4n) is 4.38. The Morgan fingerprint density at radius 2 is 2.08 bits per heavy atom. The van der Waals surface area contributed by atoms with E-state index in [9.17, 15) is 9.90 Å². The molecule has 0 spiro atoms. The van der Waals surface area contributed by atoms with Gasteiger partial charge in [0.25, 0.3) is 0 Å². The Bertz CT molecular complexity index is 796. The minimum absolute atomic E-state index is 0. The number of hydrogen-bond donors (Lipinski definition) is 1. The predicted molar refractivity (Wildman–Crippen MR) is 94.2 cm³/mol. The van der Waals surface area contributed by atoms with Gasteiger partial charge < -0.3 is 20.1 Å². The van der Waals surface area contributed by atoms with Gasteiger partial charge in [-0.1, -0.05) is 12.1 Å². The molecule has 6 nitrogen and oxygen atoms in total. The van der Waals surface area contributed by atoms with Crippen molar-refractivity contribution < 1.29 is 28.8 Å². The number of benzene rings is 1. The van der Waals surface area contributed by atoms with Crippen LogP contribution in [0.5, 0.6) is 0 Å². The van der Waals surface area contributed by atoms with E-state index in [4.69, 9.17) is 5.10 Å². The van der Waals surface area contributed by atoms with E-state index in [2.05, 4.69) is 24.1 Å². The molecule has 3 aliphatic rings. The first-order valence-electron chi connectivity index (χ1n) is 9.21. The first-order valence-corrected chi connectivity index (χ1v) is 9.21. The molecule has 4 heterocycles. The molecule has 0 saturated carbocycles. The smallest absolute Gasteiger partial charge is 0.545 e. The Hall–Kier alpha value is -1.32. The Labute approximate surface area is 166 Å². The van der Waals surface area contributed by atoms with Crippen molar-refractivity contribution in [2.75, 3.05) is 19.6 Å². The molecular formula is C19H25LiN4O2. The summed E-state index contributed by atoms with van der Waals surface area (Å²) in [6.07, 6.45) is 2.51. The van der Waals surface area contributed by atoms with E-state index < -0.39 is 5.97 Å². The summed E-state index contributed by atoms with van der Waals surface area (Å²) >= 11 is 0. The second-order valence-corrected chi connectivity index (χ2v) is 7.60. The van der Waals surface area contributed by atoms with Crippen LogP contribution in [0, 0.1) is 5.92 Å². The fourth-order valence-corrected chi connectivity index (χ4v) is 4.38. The Balaban J connectivity index is 0.00000196. The van der Waals surface area contributed by atoms with Crippen LogP contribution in [-0.4, -0.2) is 46.3 Å². The number of hydrogen-bond acceptors (Lipinski definition) is 5. The molecule has 0 amide bonds. The predicted octanol–water partition coefficient (Wildman–Crippen LogP) is -1.83. The summed E-state index contributed by atoms with van der Waals surface area (Å²) in [5.41, 5.74) is 1.90. The molecule has 1 aromatic heterocycles. The number of carboxylic acids is 1. The monoisotopic (exact) mass is 348 g/mol. The minimum atomic E-state index is -1.14. The molecule has 2 aromatic rings. The van der Waals surface area contributed by atoms with Gasteiger partial charge in [0.15, 0.2) is 0 Å². The molecule has 0 unspecified atom stereocenters. The summed E-state index contributed by atoms with van der Waals surface area (Å²) in [4.78, 5) is 14.1. The standard InChI is InChI=1S/C19H26N4O2.Li/c1-12(2)23-17-5-3-4-14(19(24)25)18(17)15(21-23)10-20-16-11-22-8-6-13(16)7-9-22;/h3-5,12-13,16,20H,6-11H2,1-2H3,(H,24,25);/q;+1/p-1/t16-;/m0./s1. The Morgan fingerprint density at radius 1 is 1.35 bits per heavy atom. The maximum absolute atomic E-state index is 11.6. The maximum atomic E-state index is 11.6. The summed E-state index contributed by atoms with van der Waals surface area (Å²) < 4.78 is 1.91. The summed E-state index contributed by atoms with van der Waals surface area (Å²) in [5, 5.41) is 20.7. The van der Waals surface area contributed by atoms with Gasteiger partial charge in [0.05, 0.1) is 17.2 Å². The minimum Gasteiger partial charge on any atom is -0.545 e. The van der Waals surface area contributed by atoms with E-state index in [0.29, 0.717) is 18.0 Å². The van der Waals surface area contributed by atoms with Crippen molar-refractivity contribution in [3.8, 4) is 0 Å². The van der Waals surface area contributed by atoms with Crippen molar-refractivity contribution in [1.29, 1.82) is 0 Å². The van der Waals surface area contributed by atoms with Gasteiger partial charge in [-0.2, -0.15) is 5.10 Å². The largest absolute Gasteiger partial charge is 1.00 e. The number of nitrogens with zero attached hydrogens (tertiary/aromatic N) is 3. The second-order valence-electron chi connectivity index (χ2n) is 7.60. The zero-order valence-corrected chi connectivity index (χ0v) is 15.9. The molecule has 1 atom stereocenters. The van der Waals surface area contributed by atoms with Crippen LogP contribution in [0.15, 0.2) is 18.2 Å². The number of rotatable bonds is 5. The zero-order valence-electron chi connectivity index (χ0n) is 15.9. The SMILES string of the molecule is CC(C)n1nc(CN[C@H]2CN3CCC2CC3)c2c(C(=O)[O-])cccc21.[Li+]. The molecule has 5 rings (SSSR count). The van der Waals surface area contributed by atoms with Crippen LogP contribution in [0.1, 0.15) is 48.8 Å². The van der Waals surface area contributed by atoms with E-state index in [1.54, 1.807) is 12.1 Å². The van der Waals surface area contributed by atoms with Crippen molar-refractivity contribution in [3.05, 3.63) is 29.5 Å². The third-order valence-corrected chi connectivity index (χ3v) is 5.70. The van der Waals surface area contributed by atoms with E-state index in [1.807, 2.05) is 10.7 Å². The molecule has 3 fully saturated rings. The van der Waals surface area contributed by atoms with Crippen molar-refractivity contribution in [1.82, 2.24) is 20.0 Å². The third kappa shape index (κ3) is 3.44. The van der Waals surface area contributed by atoms with Crippen molar-refractivity contribution in [2.45, 2.75) is 45.3 Å². The molecule has 3 saturated heterocycles. The maximum Gasteiger partial charge on any atom is 1.00 e. The molecule has 2 bridgehead atoms. The normalized spacial score (nSPS) is 24.8. The van der Waals surface area contributed by atoms with Gasteiger partial charge in [-0.25, -0.2) is 0 Å². The van der Waals surface area contributed by atoms with Crippen LogP contribution in [0.4, 0.5) is 0 Å². The fraction of sp³-hybridized carbons (Fsp3) is 0.579. The van der Waals surface area contributed by atoms with Gasteiger partial charge in [-0.3, -0.25) is 4.68 Å². The number of carboxylic acid groups (broad SMARTS) is 1. The quantitative estimate of drug-likeness (QED) is 0.644. The number of piperidine rings is 3. The van der Waals surface area contributed by atoms with E-state index in [1.165, 1.54) is 25.9 Å². The average molecular weight is 348 g/mol. The van der Waals surface area contributed by atoms with Gasteiger partial charge in [-0.05, 0) is 51.8 Å². The van der Waals surface area contributed by atoms with Crippen LogP contribution in [-0.2, 0) is 6.54 Å². The summed E-state index contributed by atoms with van der Waals surface area (Å²) in [6, 6.07) is 5.95. The van der Waals surface area contributed by atoms with Crippen LogP contribution < -0.4 is 29.3 Å². The van der Waals surface area contributed by atoms with Gasteiger partial charge >= 0.3 is 18.9 Å². The molecule has 7 heteroatoms. The number of carbonyl (C=O) groups excluding carboxylic acids is 1. The number of carbonyl (C=O) groups is 1. The van der Waals surface area contributed by atoms with E-state index in [0.717, 1.165) is 23.7 Å². The average Bonchev–Trinajstić information content (AvgIpc) is 3.00. The molecular weight excluding hydrogens is 323 g/mol. The van der Waals surface area contributed by atoms with Gasteiger partial charge in [0.1, 0.15) is 0 Å². The third-order valence-electron chi connectivity index (χ3n) is 5.70. The summed E-state index contributed by atoms with van der Waals surface area (Å²) in [6.45, 7) is 8.22. The molecule has 1 N–H and O–H groups in total. The summed E-state index contributed by atoms with van der Waals surface area (Å²) in [5.74, 6) is -0.415. The first-order chi connectivity index (χ1) is 12.0. The van der Waals surface area contributed by atoms with Crippen LogP contribution in [0.2, 0.25) is 0 Å². The Kier molecular flexibility index (Phi) is 5.78. The van der Waals surface area contributed by atoms with Crippen LogP contribution in [0.25, 0.3) is 10.9 Å². The van der Waals surface area contributed by atoms with Crippen molar-refractivity contribution in [3.63, 3.8) is 0 Å². The number of aromatic carboxylic acids is 1. The molecule has 0 aliphatic carbocycles. The van der Waals surface area contributed by atoms with E-state index in [-0.39, 0.29) is 30.5 Å². The molecule has 0 radical (unpaired) electrons. The second kappa shape index (κ2) is 7.73. The summed E-state index contributed by atoms with van der Waals surface area (Å²) in [7, 11) is 0. The number of fused-ring (bicyclic) bond motifs is 4. The first kappa shape index (κ1) is 19.4. The van der Waals surface area contributed by atoms with Gasteiger partial charge in [0.2, 0.25) is 0 Å². The van der Waals surface area contributed by atoms with Crippen LogP contribution >= 0.6 is 0 Å². The number of aromatic nitrogens is 2. The zero-order chi connectivity index (χ0) is 17.6. The van der Waals surface area contributed by atoms with E-state index >= 15 is 0 Å². The molecule has 1 aromatic carbocycles. The van der Waals surface area contributed by atoms with Crippen molar-refractivity contribution in [2.24, 2.45) is 5.92 Å². The topological polar surface area (TPSA) is 73.2 Å².